The summed E-state index contributed by atoms with van der Waals surface area (Å²) in [6.45, 7) is 4.61. The molecule has 0 aromatic carbocycles. The molecule has 1 aromatic heterocycles. The fraction of sp³-hybridized carbons (Fsp3) is 0.750. The third-order valence-corrected chi connectivity index (χ3v) is 7.47. The summed E-state index contributed by atoms with van der Waals surface area (Å²) in [4.78, 5) is 6.26. The number of hydrogen-bond donors (Lipinski definition) is 0. The minimum Gasteiger partial charge on any atom is -0.300 e. The van der Waals surface area contributed by atoms with Crippen molar-refractivity contribution >= 4 is 11.8 Å². The van der Waals surface area contributed by atoms with E-state index >= 15 is 0 Å². The van der Waals surface area contributed by atoms with Gasteiger partial charge in [0.2, 0.25) is 0 Å². The maximum atomic E-state index is 12.0. The van der Waals surface area contributed by atoms with Crippen molar-refractivity contribution in [3.63, 3.8) is 0 Å². The molecule has 3 fully saturated rings. The predicted molar refractivity (Wildman–Crippen MR) is 101 cm³/mol. The molecule has 1 aliphatic carbocycles. The van der Waals surface area contributed by atoms with E-state index in [0.717, 1.165) is 17.5 Å². The molecule has 2 saturated heterocycles. The number of nitrogens with zero attached hydrogens (tertiary/aromatic N) is 2. The van der Waals surface area contributed by atoms with Gasteiger partial charge >= 0.3 is 6.18 Å². The zero-order valence-electron chi connectivity index (χ0n) is 15.5. The van der Waals surface area contributed by atoms with E-state index in [1.165, 1.54) is 69.2 Å². The van der Waals surface area contributed by atoms with Crippen LogP contribution in [0.15, 0.2) is 18.2 Å². The van der Waals surface area contributed by atoms with E-state index in [-0.39, 0.29) is 0 Å². The maximum Gasteiger partial charge on any atom is 0.433 e. The van der Waals surface area contributed by atoms with Gasteiger partial charge in [0.1, 0.15) is 5.69 Å². The van der Waals surface area contributed by atoms with Crippen molar-refractivity contribution in [3.05, 3.63) is 29.6 Å². The van der Waals surface area contributed by atoms with Crippen LogP contribution in [0.1, 0.15) is 56.8 Å². The number of aryl methyl sites for hydroxylation is 1. The highest BCUT2D eigenvalue weighted by atomic mass is 32.2. The first-order valence-electron chi connectivity index (χ1n) is 9.77. The number of aromatic nitrogens is 1. The van der Waals surface area contributed by atoms with Crippen LogP contribution in [0.4, 0.5) is 13.2 Å². The molecular formula is C20H29F3N2S. The Kier molecular flexibility index (Phi) is 6.54. The van der Waals surface area contributed by atoms with Gasteiger partial charge in [-0.1, -0.05) is 32.3 Å². The van der Waals surface area contributed by atoms with Gasteiger partial charge in [-0.15, -0.1) is 0 Å². The molecule has 4 rings (SSSR count). The minimum absolute atomic E-state index is 0.463. The molecule has 0 amide bonds. The van der Waals surface area contributed by atoms with Crippen molar-refractivity contribution < 1.29 is 13.2 Å². The zero-order valence-corrected chi connectivity index (χ0v) is 16.3. The van der Waals surface area contributed by atoms with Crippen LogP contribution in [0.25, 0.3) is 0 Å². The maximum absolute atomic E-state index is 12.0. The first-order valence-corrected chi connectivity index (χ1v) is 10.9. The van der Waals surface area contributed by atoms with E-state index in [9.17, 15) is 13.2 Å². The van der Waals surface area contributed by atoms with Gasteiger partial charge in [-0.25, -0.2) is 4.98 Å². The molecule has 1 saturated carbocycles. The first kappa shape index (κ1) is 20.0. The van der Waals surface area contributed by atoms with Crippen molar-refractivity contribution in [2.24, 2.45) is 5.41 Å². The average Bonchev–Trinajstić information content (AvgIpc) is 3.09. The normalized spacial score (nSPS) is 23.4. The Morgan fingerprint density at radius 2 is 1.92 bits per heavy atom. The van der Waals surface area contributed by atoms with Gasteiger partial charge in [0.25, 0.3) is 0 Å². The summed E-state index contributed by atoms with van der Waals surface area (Å²) in [5, 5.41) is 0. The van der Waals surface area contributed by atoms with E-state index < -0.39 is 11.9 Å². The number of alkyl halides is 3. The lowest BCUT2D eigenvalue weighted by Gasteiger charge is -2.39. The fourth-order valence-electron chi connectivity index (χ4n) is 4.19. The third-order valence-electron chi connectivity index (χ3n) is 5.83. The number of halogens is 3. The van der Waals surface area contributed by atoms with Gasteiger partial charge < -0.3 is 0 Å². The Morgan fingerprint density at radius 3 is 2.46 bits per heavy atom. The van der Waals surface area contributed by atoms with E-state index in [2.05, 4.69) is 21.6 Å². The van der Waals surface area contributed by atoms with Gasteiger partial charge in [0.05, 0.1) is 0 Å². The second kappa shape index (κ2) is 8.51. The van der Waals surface area contributed by atoms with Gasteiger partial charge in [-0.3, -0.25) is 4.90 Å². The minimum atomic E-state index is -4.33. The highest BCUT2D eigenvalue weighted by molar-refractivity contribution is 8.00. The second-order valence-electron chi connectivity index (χ2n) is 7.87. The molecule has 0 unspecified atom stereocenters. The highest BCUT2D eigenvalue weighted by Crippen LogP contribution is 2.46. The number of pyridine rings is 1. The van der Waals surface area contributed by atoms with Crippen molar-refractivity contribution in [3.8, 4) is 0 Å². The molecule has 1 aromatic rings. The monoisotopic (exact) mass is 386 g/mol. The Balaban J connectivity index is 0.000000153. The van der Waals surface area contributed by atoms with Crippen molar-refractivity contribution in [1.29, 1.82) is 0 Å². The van der Waals surface area contributed by atoms with E-state index in [0.29, 0.717) is 12.1 Å². The van der Waals surface area contributed by atoms with Crippen LogP contribution in [0.2, 0.25) is 0 Å². The SMILES string of the molecule is C1CCC(N2CCC3(CSC3)C2)CC1.CCc1cccc(C(F)(F)F)n1. The lowest BCUT2D eigenvalue weighted by Crippen LogP contribution is -2.41. The van der Waals surface area contributed by atoms with Crippen LogP contribution < -0.4 is 0 Å². The van der Waals surface area contributed by atoms with Crippen LogP contribution in [-0.4, -0.2) is 40.5 Å². The van der Waals surface area contributed by atoms with Crippen molar-refractivity contribution in [1.82, 2.24) is 9.88 Å². The Labute approximate surface area is 158 Å². The summed E-state index contributed by atoms with van der Waals surface area (Å²) in [7, 11) is 0. The van der Waals surface area contributed by atoms with Crippen molar-refractivity contribution in [2.45, 2.75) is 64.1 Å². The average molecular weight is 387 g/mol. The number of likely N-dealkylation sites (tertiary alicyclic amines) is 1. The molecule has 1 spiro atoms. The summed E-state index contributed by atoms with van der Waals surface area (Å²) < 4.78 is 36.1. The number of thioether (sulfide) groups is 1. The second-order valence-corrected chi connectivity index (χ2v) is 8.86. The first-order chi connectivity index (χ1) is 12.4. The molecule has 0 N–H and O–H groups in total. The van der Waals surface area contributed by atoms with Gasteiger partial charge in [0, 0.05) is 35.2 Å². The fourth-order valence-corrected chi connectivity index (χ4v) is 5.44. The molecule has 0 radical (unpaired) electrons. The van der Waals surface area contributed by atoms with E-state index in [4.69, 9.17) is 0 Å². The van der Waals surface area contributed by atoms with Gasteiger partial charge in [-0.2, -0.15) is 24.9 Å². The molecule has 2 aliphatic heterocycles. The quantitative estimate of drug-likeness (QED) is 0.675. The smallest absolute Gasteiger partial charge is 0.300 e. The van der Waals surface area contributed by atoms with Crippen LogP contribution in [0.5, 0.6) is 0 Å². The molecular weight excluding hydrogens is 357 g/mol. The Morgan fingerprint density at radius 1 is 1.19 bits per heavy atom. The summed E-state index contributed by atoms with van der Waals surface area (Å²) in [5.74, 6) is 2.91. The molecule has 6 heteroatoms. The topological polar surface area (TPSA) is 16.1 Å². The number of hydrogen-bond acceptors (Lipinski definition) is 3. The highest BCUT2D eigenvalue weighted by Gasteiger charge is 2.45. The van der Waals surface area contributed by atoms with Crippen LogP contribution in [-0.2, 0) is 12.6 Å². The lowest BCUT2D eigenvalue weighted by molar-refractivity contribution is -0.141. The Hall–Kier alpha value is -0.750. The van der Waals surface area contributed by atoms with Gasteiger partial charge in [0.15, 0.2) is 0 Å². The molecule has 0 atom stereocenters. The predicted octanol–water partition coefficient (Wildman–Crippen LogP) is 5.42. The molecule has 26 heavy (non-hydrogen) atoms. The van der Waals surface area contributed by atoms with Crippen LogP contribution >= 0.6 is 11.8 Å². The summed E-state index contributed by atoms with van der Waals surface area (Å²) in [6.07, 6.45) is 5.13. The molecule has 3 aliphatic rings. The van der Waals surface area contributed by atoms with Gasteiger partial charge in [-0.05, 0) is 44.4 Å². The van der Waals surface area contributed by atoms with Crippen molar-refractivity contribution in [2.75, 3.05) is 24.6 Å². The summed E-state index contributed by atoms with van der Waals surface area (Å²) in [5.41, 5.74) is 0.425. The molecule has 0 bridgehead atoms. The molecule has 146 valence electrons. The zero-order chi connectivity index (χ0) is 18.6. The molecule has 2 nitrogen and oxygen atoms in total. The Bertz CT molecular complexity index is 581. The standard InChI is InChI=1S/C12H21NS.C8H8F3N/c1-2-4-11(5-3-1)13-7-6-12(8-13)9-14-10-12;1-2-6-4-3-5-7(12-6)8(9,10)11/h11H,1-10H2;3-5H,2H2,1H3. The van der Waals surface area contributed by atoms with Crippen LogP contribution in [0.3, 0.4) is 0 Å². The van der Waals surface area contributed by atoms with Crippen LogP contribution in [0, 0.1) is 5.41 Å². The summed E-state index contributed by atoms with van der Waals surface area (Å²) in [6, 6.07) is 4.89. The summed E-state index contributed by atoms with van der Waals surface area (Å²) >= 11 is 2.16. The van der Waals surface area contributed by atoms with E-state index in [1.54, 1.807) is 13.0 Å². The lowest BCUT2D eigenvalue weighted by atomic mass is 9.90. The number of rotatable bonds is 2. The molecule has 3 heterocycles. The largest absolute Gasteiger partial charge is 0.433 e. The third kappa shape index (κ3) is 4.94. The van der Waals surface area contributed by atoms with E-state index in [1.807, 2.05) is 0 Å².